The molecule has 2 aromatic carbocycles. The standard InChI is InChI=1S/C20H18F2N2O2/c1-12-11-24(8-7-23-12)14-6-5-13-9-16(20(25)26-18(13)10-14)15-3-2-4-17(21)19(15)22/h2-6,9-10,12,23H,7-8,11H2,1H3. The van der Waals surface area contributed by atoms with E-state index in [4.69, 9.17) is 4.42 Å². The van der Waals surface area contributed by atoms with Crippen LogP contribution in [0.5, 0.6) is 0 Å². The summed E-state index contributed by atoms with van der Waals surface area (Å²) in [6.07, 6.45) is 0. The lowest BCUT2D eigenvalue weighted by molar-refractivity contribution is 0.484. The second kappa shape index (κ2) is 6.53. The van der Waals surface area contributed by atoms with E-state index in [-0.39, 0.29) is 11.1 Å². The molecule has 1 atom stereocenters. The van der Waals surface area contributed by atoms with Crippen molar-refractivity contribution >= 4 is 16.7 Å². The Kier molecular flexibility index (Phi) is 4.20. The molecule has 6 heteroatoms. The summed E-state index contributed by atoms with van der Waals surface area (Å²) < 4.78 is 32.9. The van der Waals surface area contributed by atoms with Gasteiger partial charge >= 0.3 is 5.63 Å². The Morgan fingerprint density at radius 2 is 2.00 bits per heavy atom. The third-order valence-corrected chi connectivity index (χ3v) is 4.70. The van der Waals surface area contributed by atoms with Crippen molar-refractivity contribution in [3.63, 3.8) is 0 Å². The number of rotatable bonds is 2. The molecule has 1 fully saturated rings. The molecule has 0 amide bonds. The predicted octanol–water partition coefficient (Wildman–Crippen LogP) is 3.54. The van der Waals surface area contributed by atoms with Crippen molar-refractivity contribution < 1.29 is 13.2 Å². The Balaban J connectivity index is 1.78. The van der Waals surface area contributed by atoms with E-state index >= 15 is 0 Å². The molecule has 1 unspecified atom stereocenters. The number of halogens is 2. The van der Waals surface area contributed by atoms with E-state index in [1.807, 2.05) is 18.2 Å². The zero-order chi connectivity index (χ0) is 18.3. The summed E-state index contributed by atoms with van der Waals surface area (Å²) in [5, 5.41) is 4.04. The van der Waals surface area contributed by atoms with Crippen molar-refractivity contribution in [1.82, 2.24) is 5.32 Å². The molecule has 0 spiro atoms. The molecule has 26 heavy (non-hydrogen) atoms. The molecule has 1 saturated heterocycles. The van der Waals surface area contributed by atoms with Gasteiger partial charge in [0.15, 0.2) is 11.6 Å². The molecular formula is C20H18F2N2O2. The van der Waals surface area contributed by atoms with E-state index in [1.54, 1.807) is 6.07 Å². The number of fused-ring (bicyclic) bond motifs is 1. The van der Waals surface area contributed by atoms with Crippen molar-refractivity contribution in [1.29, 1.82) is 0 Å². The van der Waals surface area contributed by atoms with Crippen LogP contribution in [0.3, 0.4) is 0 Å². The summed E-state index contributed by atoms with van der Waals surface area (Å²) in [7, 11) is 0. The van der Waals surface area contributed by atoms with Gasteiger partial charge in [-0.05, 0) is 31.2 Å². The van der Waals surface area contributed by atoms with E-state index in [0.717, 1.165) is 31.4 Å². The van der Waals surface area contributed by atoms with Crippen LogP contribution < -0.4 is 15.8 Å². The molecule has 3 aromatic rings. The monoisotopic (exact) mass is 356 g/mol. The smallest absolute Gasteiger partial charge is 0.344 e. The van der Waals surface area contributed by atoms with E-state index in [2.05, 4.69) is 17.1 Å². The first-order valence-corrected chi connectivity index (χ1v) is 8.53. The van der Waals surface area contributed by atoms with E-state index in [0.29, 0.717) is 17.0 Å². The summed E-state index contributed by atoms with van der Waals surface area (Å²) in [6.45, 7) is 4.74. The highest BCUT2D eigenvalue weighted by molar-refractivity contribution is 5.84. The predicted molar refractivity (Wildman–Crippen MR) is 97.5 cm³/mol. The third-order valence-electron chi connectivity index (χ3n) is 4.70. The van der Waals surface area contributed by atoms with Crippen molar-refractivity contribution in [3.05, 3.63) is 64.5 Å². The molecule has 1 aromatic heterocycles. The normalized spacial score (nSPS) is 17.7. The Morgan fingerprint density at radius 3 is 2.81 bits per heavy atom. The van der Waals surface area contributed by atoms with Crippen LogP contribution in [0.4, 0.5) is 14.5 Å². The van der Waals surface area contributed by atoms with Crippen LogP contribution >= 0.6 is 0 Å². The minimum atomic E-state index is -1.05. The summed E-state index contributed by atoms with van der Waals surface area (Å²) in [6, 6.07) is 11.3. The number of benzene rings is 2. The Hall–Kier alpha value is -2.73. The highest BCUT2D eigenvalue weighted by Crippen LogP contribution is 2.27. The van der Waals surface area contributed by atoms with Crippen LogP contribution in [0.25, 0.3) is 22.1 Å². The first-order valence-electron chi connectivity index (χ1n) is 8.53. The molecule has 2 heterocycles. The van der Waals surface area contributed by atoms with Gasteiger partial charge in [-0.2, -0.15) is 0 Å². The van der Waals surface area contributed by atoms with Crippen molar-refractivity contribution in [2.45, 2.75) is 13.0 Å². The van der Waals surface area contributed by atoms with E-state index in [9.17, 15) is 13.6 Å². The van der Waals surface area contributed by atoms with Crippen LogP contribution in [-0.2, 0) is 0 Å². The summed E-state index contributed by atoms with van der Waals surface area (Å²) in [4.78, 5) is 14.6. The van der Waals surface area contributed by atoms with Crippen molar-refractivity contribution in [2.75, 3.05) is 24.5 Å². The average Bonchev–Trinajstić information content (AvgIpc) is 2.63. The van der Waals surface area contributed by atoms with Gasteiger partial charge in [-0.15, -0.1) is 0 Å². The largest absolute Gasteiger partial charge is 0.422 e. The van der Waals surface area contributed by atoms with Gasteiger partial charge in [0.25, 0.3) is 0 Å². The number of anilines is 1. The van der Waals surface area contributed by atoms with E-state index < -0.39 is 17.3 Å². The zero-order valence-corrected chi connectivity index (χ0v) is 14.3. The fourth-order valence-corrected chi connectivity index (χ4v) is 3.36. The molecular weight excluding hydrogens is 338 g/mol. The Morgan fingerprint density at radius 1 is 1.15 bits per heavy atom. The fraction of sp³-hybridized carbons (Fsp3) is 0.250. The van der Waals surface area contributed by atoms with Crippen LogP contribution in [0.1, 0.15) is 6.92 Å². The second-order valence-electron chi connectivity index (χ2n) is 6.57. The highest BCUT2D eigenvalue weighted by Gasteiger charge is 2.18. The van der Waals surface area contributed by atoms with Crippen LogP contribution in [-0.4, -0.2) is 25.7 Å². The van der Waals surface area contributed by atoms with Gasteiger partial charge in [0.2, 0.25) is 0 Å². The molecule has 134 valence electrons. The first-order chi connectivity index (χ1) is 12.5. The lowest BCUT2D eigenvalue weighted by Gasteiger charge is -2.33. The summed E-state index contributed by atoms with van der Waals surface area (Å²) in [5.41, 5.74) is 0.629. The van der Waals surface area contributed by atoms with Crippen molar-refractivity contribution in [3.8, 4) is 11.1 Å². The summed E-state index contributed by atoms with van der Waals surface area (Å²) >= 11 is 0. The lowest BCUT2D eigenvalue weighted by Crippen LogP contribution is -2.49. The molecule has 4 nitrogen and oxygen atoms in total. The van der Waals surface area contributed by atoms with Gasteiger partial charge in [0.1, 0.15) is 5.58 Å². The number of nitrogens with zero attached hydrogens (tertiary/aromatic N) is 1. The van der Waals surface area contributed by atoms with Crippen LogP contribution in [0.2, 0.25) is 0 Å². The van der Waals surface area contributed by atoms with Gasteiger partial charge in [-0.1, -0.05) is 12.1 Å². The quantitative estimate of drug-likeness (QED) is 0.714. The topological polar surface area (TPSA) is 45.5 Å². The number of nitrogens with one attached hydrogen (secondary N) is 1. The maximum Gasteiger partial charge on any atom is 0.344 e. The molecule has 0 aliphatic carbocycles. The number of hydrogen-bond donors (Lipinski definition) is 1. The molecule has 0 saturated carbocycles. The molecule has 1 aliphatic heterocycles. The Bertz CT molecular complexity index is 1030. The molecule has 1 aliphatic rings. The second-order valence-corrected chi connectivity index (χ2v) is 6.57. The van der Waals surface area contributed by atoms with Gasteiger partial charge < -0.3 is 14.6 Å². The number of piperazine rings is 1. The fourth-order valence-electron chi connectivity index (χ4n) is 3.36. The van der Waals surface area contributed by atoms with Gasteiger partial charge in [0, 0.05) is 48.4 Å². The zero-order valence-electron chi connectivity index (χ0n) is 14.3. The molecule has 4 rings (SSSR count). The van der Waals surface area contributed by atoms with Gasteiger partial charge in [0.05, 0.1) is 5.56 Å². The lowest BCUT2D eigenvalue weighted by atomic mass is 10.0. The molecule has 1 N–H and O–H groups in total. The first kappa shape index (κ1) is 16.7. The minimum Gasteiger partial charge on any atom is -0.422 e. The minimum absolute atomic E-state index is 0.0121. The average molecular weight is 356 g/mol. The molecule has 0 bridgehead atoms. The maximum absolute atomic E-state index is 14.0. The van der Waals surface area contributed by atoms with E-state index in [1.165, 1.54) is 12.1 Å². The highest BCUT2D eigenvalue weighted by atomic mass is 19.2. The van der Waals surface area contributed by atoms with Gasteiger partial charge in [-0.25, -0.2) is 13.6 Å². The Labute approximate surface area is 149 Å². The van der Waals surface area contributed by atoms with Crippen LogP contribution in [0.15, 0.2) is 51.7 Å². The van der Waals surface area contributed by atoms with Gasteiger partial charge in [-0.3, -0.25) is 0 Å². The van der Waals surface area contributed by atoms with Crippen molar-refractivity contribution in [2.24, 2.45) is 0 Å². The molecule has 0 radical (unpaired) electrons. The SMILES string of the molecule is CC1CN(c2ccc3cc(-c4cccc(F)c4F)c(=O)oc3c2)CCN1. The number of hydrogen-bond acceptors (Lipinski definition) is 4. The summed E-state index contributed by atoms with van der Waals surface area (Å²) in [5.74, 6) is -2.05. The van der Waals surface area contributed by atoms with Crippen LogP contribution in [0, 0.1) is 11.6 Å². The maximum atomic E-state index is 14.0. The third kappa shape index (κ3) is 2.97.